The van der Waals surface area contributed by atoms with Crippen LogP contribution in [0.5, 0.6) is 0 Å². The number of ether oxygens (including phenoxy) is 1. The van der Waals surface area contributed by atoms with Crippen molar-refractivity contribution < 1.29 is 27.5 Å². The monoisotopic (exact) mass is 511 g/mol. The lowest BCUT2D eigenvalue weighted by atomic mass is 9.96. The van der Waals surface area contributed by atoms with E-state index in [1.807, 2.05) is 12.1 Å². The Morgan fingerprint density at radius 2 is 1.92 bits per heavy atom. The van der Waals surface area contributed by atoms with Gasteiger partial charge in [0.05, 0.1) is 18.6 Å². The van der Waals surface area contributed by atoms with Gasteiger partial charge < -0.3 is 9.64 Å². The summed E-state index contributed by atoms with van der Waals surface area (Å²) in [7, 11) is 0. The van der Waals surface area contributed by atoms with Crippen molar-refractivity contribution in [2.24, 2.45) is 5.92 Å². The van der Waals surface area contributed by atoms with Crippen molar-refractivity contribution in [2.75, 3.05) is 13.2 Å². The van der Waals surface area contributed by atoms with Crippen LogP contribution >= 0.6 is 0 Å². The molecule has 0 saturated heterocycles. The second-order valence-corrected chi connectivity index (χ2v) is 9.04. The molecule has 0 radical (unpaired) electrons. The molecule has 2 aromatic heterocycles. The average molecular weight is 512 g/mol. The standard InChI is InChI=1S/C28H28F3N3O3/c1-2-37-26(35)14-19-13-21(17-32-16-19)25-9-8-23(28(29,30)31)15-22(25)18-34(27(36)20-6-7-20)12-10-24-5-3-4-11-33-24/h3-5,8-9,11,13,15-17,20H,2,6-7,10,12,14,18H2,1H3. The summed E-state index contributed by atoms with van der Waals surface area (Å²) in [6.07, 6.45) is 2.27. The summed E-state index contributed by atoms with van der Waals surface area (Å²) < 4.78 is 45.9. The summed E-state index contributed by atoms with van der Waals surface area (Å²) in [6.45, 7) is 2.31. The Hall–Kier alpha value is -3.75. The molecule has 1 fully saturated rings. The first-order valence-electron chi connectivity index (χ1n) is 12.2. The highest BCUT2D eigenvalue weighted by molar-refractivity contribution is 5.81. The van der Waals surface area contributed by atoms with E-state index in [1.165, 1.54) is 12.3 Å². The van der Waals surface area contributed by atoms with Crippen LogP contribution in [0.15, 0.2) is 61.1 Å². The van der Waals surface area contributed by atoms with Gasteiger partial charge in [-0.1, -0.05) is 12.1 Å². The summed E-state index contributed by atoms with van der Waals surface area (Å²) >= 11 is 0. The molecule has 0 atom stereocenters. The van der Waals surface area contributed by atoms with E-state index in [0.29, 0.717) is 35.2 Å². The van der Waals surface area contributed by atoms with Crippen LogP contribution in [-0.4, -0.2) is 39.9 Å². The Kier molecular flexibility index (Phi) is 8.21. The average Bonchev–Trinajstić information content (AvgIpc) is 3.72. The van der Waals surface area contributed by atoms with E-state index < -0.39 is 17.7 Å². The number of hydrogen-bond donors (Lipinski definition) is 0. The number of nitrogens with zero attached hydrogens (tertiary/aromatic N) is 3. The predicted molar refractivity (Wildman–Crippen MR) is 131 cm³/mol. The SMILES string of the molecule is CCOC(=O)Cc1cncc(-c2ccc(C(F)(F)F)cc2CN(CCc2ccccn2)C(=O)C2CC2)c1. The van der Waals surface area contributed by atoms with Gasteiger partial charge in [-0.25, -0.2) is 0 Å². The Morgan fingerprint density at radius 1 is 1.11 bits per heavy atom. The molecule has 37 heavy (non-hydrogen) atoms. The number of rotatable bonds is 10. The van der Waals surface area contributed by atoms with Crippen molar-refractivity contribution in [1.82, 2.24) is 14.9 Å². The number of alkyl halides is 3. The van der Waals surface area contributed by atoms with Crippen molar-refractivity contribution in [3.63, 3.8) is 0 Å². The first-order chi connectivity index (χ1) is 17.7. The van der Waals surface area contributed by atoms with E-state index >= 15 is 0 Å². The summed E-state index contributed by atoms with van der Waals surface area (Å²) in [6, 6.07) is 10.8. The Bertz CT molecular complexity index is 1240. The van der Waals surface area contributed by atoms with E-state index in [9.17, 15) is 22.8 Å². The summed E-state index contributed by atoms with van der Waals surface area (Å²) in [5.74, 6) is -0.564. The summed E-state index contributed by atoms with van der Waals surface area (Å²) in [4.78, 5) is 35.2. The first kappa shape index (κ1) is 26.3. The second kappa shape index (κ2) is 11.5. The van der Waals surface area contributed by atoms with Gasteiger partial charge in [0.25, 0.3) is 0 Å². The van der Waals surface area contributed by atoms with Gasteiger partial charge in [0, 0.05) is 55.3 Å². The first-order valence-corrected chi connectivity index (χ1v) is 12.2. The molecule has 0 bridgehead atoms. The molecule has 6 nitrogen and oxygen atoms in total. The van der Waals surface area contributed by atoms with Crippen molar-refractivity contribution in [3.8, 4) is 11.1 Å². The van der Waals surface area contributed by atoms with Crippen LogP contribution in [0.3, 0.4) is 0 Å². The zero-order chi connectivity index (χ0) is 26.4. The lowest BCUT2D eigenvalue weighted by Crippen LogP contribution is -2.34. The predicted octanol–water partition coefficient (Wildman–Crippen LogP) is 5.25. The van der Waals surface area contributed by atoms with Gasteiger partial charge in [0.15, 0.2) is 0 Å². The zero-order valence-electron chi connectivity index (χ0n) is 20.5. The van der Waals surface area contributed by atoms with E-state index in [0.717, 1.165) is 30.7 Å². The number of amides is 1. The molecule has 9 heteroatoms. The van der Waals surface area contributed by atoms with Gasteiger partial charge in [-0.05, 0) is 66.8 Å². The number of carbonyl (C=O) groups is 2. The zero-order valence-corrected chi connectivity index (χ0v) is 20.5. The molecule has 1 aliphatic rings. The molecule has 194 valence electrons. The van der Waals surface area contributed by atoms with E-state index in [2.05, 4.69) is 9.97 Å². The number of halogens is 3. The molecule has 1 aromatic carbocycles. The van der Waals surface area contributed by atoms with Crippen LogP contribution in [0.2, 0.25) is 0 Å². The lowest BCUT2D eigenvalue weighted by Gasteiger charge is -2.25. The normalized spacial score (nSPS) is 13.3. The van der Waals surface area contributed by atoms with Crippen LogP contribution in [0.1, 0.15) is 42.1 Å². The third kappa shape index (κ3) is 7.15. The lowest BCUT2D eigenvalue weighted by molar-refractivity contribution is -0.142. The Labute approximate surface area is 213 Å². The number of carbonyl (C=O) groups excluding carboxylic acids is 2. The summed E-state index contributed by atoms with van der Waals surface area (Å²) in [5.41, 5.74) is 2.05. The van der Waals surface area contributed by atoms with Crippen molar-refractivity contribution in [3.05, 3.63) is 83.4 Å². The van der Waals surface area contributed by atoms with Crippen LogP contribution in [0.4, 0.5) is 13.2 Å². The minimum absolute atomic E-state index is 0.00101. The van der Waals surface area contributed by atoms with Crippen LogP contribution < -0.4 is 0 Å². The van der Waals surface area contributed by atoms with E-state index in [4.69, 9.17) is 4.74 Å². The maximum Gasteiger partial charge on any atom is 0.416 e. The van der Waals surface area contributed by atoms with Crippen molar-refractivity contribution in [1.29, 1.82) is 0 Å². The fraction of sp³-hybridized carbons (Fsp3) is 0.357. The number of hydrogen-bond acceptors (Lipinski definition) is 5. The van der Waals surface area contributed by atoms with Gasteiger partial charge in [0.2, 0.25) is 5.91 Å². The molecule has 2 heterocycles. The van der Waals surface area contributed by atoms with Gasteiger partial charge in [0.1, 0.15) is 0 Å². The molecule has 1 amide bonds. The Balaban J connectivity index is 1.67. The highest BCUT2D eigenvalue weighted by Gasteiger charge is 2.35. The third-order valence-corrected chi connectivity index (χ3v) is 6.16. The van der Waals surface area contributed by atoms with Crippen molar-refractivity contribution in [2.45, 2.75) is 45.3 Å². The topological polar surface area (TPSA) is 72.4 Å². The molecular weight excluding hydrogens is 483 g/mol. The molecule has 1 saturated carbocycles. The van der Waals surface area contributed by atoms with E-state index in [1.54, 1.807) is 36.4 Å². The molecule has 0 unspecified atom stereocenters. The number of benzene rings is 1. The Morgan fingerprint density at radius 3 is 2.59 bits per heavy atom. The van der Waals surface area contributed by atoms with Gasteiger partial charge in [-0.15, -0.1) is 0 Å². The number of pyridine rings is 2. The molecular formula is C28H28F3N3O3. The summed E-state index contributed by atoms with van der Waals surface area (Å²) in [5, 5.41) is 0. The quantitative estimate of drug-likeness (QED) is 0.348. The third-order valence-electron chi connectivity index (χ3n) is 6.16. The molecule has 0 aliphatic heterocycles. The smallest absolute Gasteiger partial charge is 0.416 e. The van der Waals surface area contributed by atoms with Crippen molar-refractivity contribution >= 4 is 11.9 Å². The van der Waals surface area contributed by atoms with E-state index in [-0.39, 0.29) is 31.4 Å². The number of esters is 1. The maximum absolute atomic E-state index is 13.6. The van der Waals surface area contributed by atoms with Crippen LogP contribution in [-0.2, 0) is 39.9 Å². The minimum Gasteiger partial charge on any atom is -0.466 e. The molecule has 0 N–H and O–H groups in total. The molecule has 1 aliphatic carbocycles. The molecule has 0 spiro atoms. The van der Waals surface area contributed by atoms with Crippen LogP contribution in [0, 0.1) is 5.92 Å². The number of aromatic nitrogens is 2. The highest BCUT2D eigenvalue weighted by Crippen LogP contribution is 2.36. The van der Waals surface area contributed by atoms with Gasteiger partial charge in [-0.2, -0.15) is 13.2 Å². The largest absolute Gasteiger partial charge is 0.466 e. The molecule has 3 aromatic rings. The fourth-order valence-electron chi connectivity index (χ4n) is 4.15. The fourth-order valence-corrected chi connectivity index (χ4v) is 4.15. The minimum atomic E-state index is -4.53. The van der Waals surface area contributed by atoms with Crippen LogP contribution in [0.25, 0.3) is 11.1 Å². The van der Waals surface area contributed by atoms with Gasteiger partial charge >= 0.3 is 12.1 Å². The second-order valence-electron chi connectivity index (χ2n) is 9.04. The highest BCUT2D eigenvalue weighted by atomic mass is 19.4. The molecule has 4 rings (SSSR count). The van der Waals surface area contributed by atoms with Gasteiger partial charge in [-0.3, -0.25) is 19.6 Å². The maximum atomic E-state index is 13.6.